The van der Waals surface area contributed by atoms with E-state index in [0.29, 0.717) is 33.9 Å². The molecule has 0 saturated carbocycles. The Bertz CT molecular complexity index is 1540. The molecule has 2 N–H and O–H groups in total. The molecule has 0 aliphatic heterocycles. The average Bonchev–Trinajstić information content (AvgIpc) is 2.91. The Labute approximate surface area is 222 Å². The highest BCUT2D eigenvalue weighted by molar-refractivity contribution is 6.09. The second-order valence-corrected chi connectivity index (χ2v) is 8.48. The van der Waals surface area contributed by atoms with E-state index in [1.54, 1.807) is 66.7 Å². The normalized spacial score (nSPS) is 11.3. The van der Waals surface area contributed by atoms with E-state index >= 15 is 0 Å². The molecule has 0 radical (unpaired) electrons. The van der Waals surface area contributed by atoms with Crippen LogP contribution in [-0.4, -0.2) is 22.6 Å². The number of carbonyl (C=O) groups is 3. The van der Waals surface area contributed by atoms with E-state index in [-0.39, 0.29) is 17.3 Å². The number of carbonyl (C=O) groups excluding carboxylic acids is 3. The van der Waals surface area contributed by atoms with Crippen LogP contribution in [0.4, 0.5) is 24.7 Å². The zero-order valence-electron chi connectivity index (χ0n) is 20.6. The van der Waals surface area contributed by atoms with Crippen molar-refractivity contribution in [2.24, 2.45) is 0 Å². The predicted octanol–water partition coefficient (Wildman–Crippen LogP) is 6.87. The first-order valence-electron chi connectivity index (χ1n) is 11.8. The lowest BCUT2D eigenvalue weighted by atomic mass is 9.98. The Morgan fingerprint density at radius 1 is 0.795 bits per heavy atom. The molecule has 0 spiro atoms. The van der Waals surface area contributed by atoms with Crippen LogP contribution >= 0.6 is 0 Å². The zero-order valence-corrected chi connectivity index (χ0v) is 20.6. The van der Waals surface area contributed by atoms with Crippen LogP contribution in [0.15, 0.2) is 97.1 Å². The first-order chi connectivity index (χ1) is 18.6. The van der Waals surface area contributed by atoms with Gasteiger partial charge in [0.2, 0.25) is 5.91 Å². The Hall–Kier alpha value is -5.05. The van der Waals surface area contributed by atoms with Gasteiger partial charge in [0, 0.05) is 23.7 Å². The van der Waals surface area contributed by atoms with Gasteiger partial charge in [0.25, 0.3) is 5.91 Å². The van der Waals surface area contributed by atoms with Gasteiger partial charge in [-0.3, -0.25) is 14.4 Å². The highest BCUT2D eigenvalue weighted by atomic mass is 19.4. The molecule has 0 atom stereocenters. The van der Waals surface area contributed by atoms with Crippen LogP contribution in [0.1, 0.15) is 38.9 Å². The van der Waals surface area contributed by atoms with Crippen molar-refractivity contribution in [3.05, 3.63) is 119 Å². The van der Waals surface area contributed by atoms with E-state index < -0.39 is 17.6 Å². The predicted molar refractivity (Wildman–Crippen MR) is 143 cm³/mol. The van der Waals surface area contributed by atoms with Gasteiger partial charge in [-0.2, -0.15) is 13.2 Å². The number of anilines is 2. The summed E-state index contributed by atoms with van der Waals surface area (Å²) in [7, 11) is 0. The molecule has 0 aliphatic rings. The third-order valence-electron chi connectivity index (χ3n) is 5.60. The lowest BCUT2D eigenvalue weighted by molar-refractivity contribution is -0.137. The van der Waals surface area contributed by atoms with E-state index in [2.05, 4.69) is 15.6 Å². The Morgan fingerprint density at radius 2 is 1.49 bits per heavy atom. The van der Waals surface area contributed by atoms with E-state index in [1.807, 2.05) is 0 Å². The lowest BCUT2D eigenvalue weighted by Gasteiger charge is -2.12. The fourth-order valence-electron chi connectivity index (χ4n) is 3.74. The molecule has 0 saturated heterocycles. The first kappa shape index (κ1) is 27.0. The number of benzene rings is 3. The van der Waals surface area contributed by atoms with Crippen LogP contribution in [0, 0.1) is 0 Å². The number of aromatic nitrogens is 1. The summed E-state index contributed by atoms with van der Waals surface area (Å²) in [6.07, 6.45) is -1.57. The van der Waals surface area contributed by atoms with E-state index in [0.717, 1.165) is 12.1 Å². The van der Waals surface area contributed by atoms with Crippen LogP contribution in [0.3, 0.4) is 0 Å². The van der Waals surface area contributed by atoms with Crippen LogP contribution < -0.4 is 10.6 Å². The smallest absolute Gasteiger partial charge is 0.322 e. The topological polar surface area (TPSA) is 88.2 Å². The fourth-order valence-corrected chi connectivity index (χ4v) is 3.74. The molecule has 0 unspecified atom stereocenters. The van der Waals surface area contributed by atoms with Gasteiger partial charge < -0.3 is 10.6 Å². The maximum absolute atomic E-state index is 13.0. The van der Waals surface area contributed by atoms with Crippen molar-refractivity contribution >= 4 is 35.2 Å². The molecule has 0 fully saturated rings. The summed E-state index contributed by atoms with van der Waals surface area (Å²) >= 11 is 0. The molecule has 1 aromatic heterocycles. The highest BCUT2D eigenvalue weighted by Crippen LogP contribution is 2.32. The van der Waals surface area contributed by atoms with Gasteiger partial charge in [0.1, 0.15) is 5.82 Å². The van der Waals surface area contributed by atoms with Gasteiger partial charge in [0.05, 0.1) is 11.3 Å². The Balaban J connectivity index is 1.45. The molecule has 9 heteroatoms. The largest absolute Gasteiger partial charge is 0.416 e. The maximum atomic E-state index is 13.0. The lowest BCUT2D eigenvalue weighted by Crippen LogP contribution is -2.13. The van der Waals surface area contributed by atoms with Gasteiger partial charge in [-0.05, 0) is 77.9 Å². The van der Waals surface area contributed by atoms with Gasteiger partial charge >= 0.3 is 6.18 Å². The van der Waals surface area contributed by atoms with E-state index in [1.165, 1.54) is 31.2 Å². The molecule has 39 heavy (non-hydrogen) atoms. The number of nitrogens with zero attached hydrogens (tertiary/aromatic N) is 1. The molecule has 4 rings (SSSR count). The van der Waals surface area contributed by atoms with Gasteiger partial charge in [-0.1, -0.05) is 36.4 Å². The van der Waals surface area contributed by atoms with Crippen LogP contribution in [0.25, 0.3) is 17.2 Å². The number of hydrogen-bond donors (Lipinski definition) is 2. The summed E-state index contributed by atoms with van der Waals surface area (Å²) in [5.41, 5.74) is 1.78. The van der Waals surface area contributed by atoms with Gasteiger partial charge in [0.15, 0.2) is 5.78 Å². The van der Waals surface area contributed by atoms with Crippen LogP contribution in [0.2, 0.25) is 0 Å². The van der Waals surface area contributed by atoms with Crippen molar-refractivity contribution < 1.29 is 27.6 Å². The number of alkyl halides is 3. The summed E-state index contributed by atoms with van der Waals surface area (Å²) in [5, 5.41) is 5.33. The molecule has 3 aromatic carbocycles. The van der Waals surface area contributed by atoms with Crippen molar-refractivity contribution in [1.82, 2.24) is 4.98 Å². The molecular formula is C30H22F3N3O3. The van der Waals surface area contributed by atoms with Crippen LogP contribution in [-0.2, 0) is 11.0 Å². The minimum atomic E-state index is -4.45. The molecule has 1 heterocycles. The molecule has 0 aliphatic carbocycles. The molecule has 0 bridgehead atoms. The maximum Gasteiger partial charge on any atom is 0.416 e. The fraction of sp³-hybridized carbons (Fsp3) is 0.0667. The minimum Gasteiger partial charge on any atom is -0.322 e. The quantitative estimate of drug-likeness (QED) is 0.202. The van der Waals surface area contributed by atoms with E-state index in [4.69, 9.17) is 0 Å². The summed E-state index contributed by atoms with van der Waals surface area (Å²) < 4.78 is 38.8. The molecule has 4 aromatic rings. The van der Waals surface area contributed by atoms with Gasteiger partial charge in [-0.15, -0.1) is 0 Å². The number of nitrogens with one attached hydrogen (secondary N) is 2. The first-order valence-corrected chi connectivity index (χ1v) is 11.8. The SMILES string of the molecule is CC(=O)Nc1cccc(/C=C/C(=O)c2ccc(NC(=O)c3ccccc3-c3ccc(C(F)(F)F)cc3)cc2)n1. The molecule has 2 amide bonds. The Morgan fingerprint density at radius 3 is 2.15 bits per heavy atom. The second kappa shape index (κ2) is 11.6. The summed E-state index contributed by atoms with van der Waals surface area (Å²) in [6.45, 7) is 1.37. The van der Waals surface area contributed by atoms with Gasteiger partial charge in [-0.25, -0.2) is 4.98 Å². The third-order valence-corrected chi connectivity index (χ3v) is 5.60. The van der Waals surface area contributed by atoms with Crippen LogP contribution in [0.5, 0.6) is 0 Å². The standard InChI is InChI=1S/C30H22F3N3O3/c1-19(37)34-28-8-4-5-23(35-28)17-18-27(38)21-11-15-24(16-12-21)36-29(39)26-7-3-2-6-25(26)20-9-13-22(14-10-20)30(31,32)33/h2-18H,1H3,(H,36,39)(H,34,35,37)/b18-17+. The molecule has 196 valence electrons. The number of halogens is 3. The van der Waals surface area contributed by atoms with Crippen molar-refractivity contribution in [3.63, 3.8) is 0 Å². The summed E-state index contributed by atoms with van der Waals surface area (Å²) in [4.78, 5) is 41.0. The summed E-state index contributed by atoms with van der Waals surface area (Å²) in [6, 6.07) is 22.5. The number of allylic oxidation sites excluding steroid dienone is 1. The second-order valence-electron chi connectivity index (χ2n) is 8.48. The average molecular weight is 530 g/mol. The molecular weight excluding hydrogens is 507 g/mol. The number of ketones is 1. The number of pyridine rings is 1. The van der Waals surface area contributed by atoms with Crippen molar-refractivity contribution in [2.45, 2.75) is 13.1 Å². The molecule has 6 nitrogen and oxygen atoms in total. The number of rotatable bonds is 7. The highest BCUT2D eigenvalue weighted by Gasteiger charge is 2.30. The van der Waals surface area contributed by atoms with E-state index in [9.17, 15) is 27.6 Å². The third kappa shape index (κ3) is 7.04. The number of hydrogen-bond acceptors (Lipinski definition) is 4. The summed E-state index contributed by atoms with van der Waals surface area (Å²) in [5.74, 6) is -0.617. The van der Waals surface area contributed by atoms with Crippen molar-refractivity contribution in [2.75, 3.05) is 10.6 Å². The zero-order chi connectivity index (χ0) is 28.0. The van der Waals surface area contributed by atoms with Crippen molar-refractivity contribution in [3.8, 4) is 11.1 Å². The monoisotopic (exact) mass is 529 g/mol. The Kier molecular flexibility index (Phi) is 8.00. The number of amides is 2. The van der Waals surface area contributed by atoms with Crippen molar-refractivity contribution in [1.29, 1.82) is 0 Å². The minimum absolute atomic E-state index is 0.255.